The molecule has 0 aromatic heterocycles. The van der Waals surface area contributed by atoms with Gasteiger partial charge < -0.3 is 10.5 Å². The van der Waals surface area contributed by atoms with Gasteiger partial charge in [-0.1, -0.05) is 39.0 Å². The Morgan fingerprint density at radius 2 is 1.75 bits per heavy atom. The van der Waals surface area contributed by atoms with E-state index in [1.807, 2.05) is 39.8 Å². The van der Waals surface area contributed by atoms with Crippen molar-refractivity contribution in [3.05, 3.63) is 23.8 Å². The Balaban J connectivity index is -0.000000376. The minimum absolute atomic E-state index is 0.238. The summed E-state index contributed by atoms with van der Waals surface area (Å²) in [6.45, 7) is 10.1. The smallest absolute Gasteiger partial charge is 0.337 e. The predicted molar refractivity (Wildman–Crippen MR) is 71.3 cm³/mol. The Morgan fingerprint density at radius 3 is 2.06 bits per heavy atom. The fourth-order valence-corrected chi connectivity index (χ4v) is 0.833. The van der Waals surface area contributed by atoms with Crippen molar-refractivity contribution in [2.45, 2.75) is 41.0 Å². The highest BCUT2D eigenvalue weighted by atomic mass is 16.5. The second-order valence-electron chi connectivity index (χ2n) is 2.29. The molecule has 2 N–H and O–H groups in total. The molecule has 16 heavy (non-hydrogen) atoms. The molecule has 0 heterocycles. The molecule has 0 aliphatic rings. The van der Waals surface area contributed by atoms with Crippen LogP contribution in [-0.2, 0) is 9.53 Å². The molecule has 3 nitrogen and oxygen atoms in total. The summed E-state index contributed by atoms with van der Waals surface area (Å²) >= 11 is 0. The zero-order chi connectivity index (χ0) is 13.4. The number of esters is 1. The number of nitrogens with two attached hydrogens (primary N) is 1. The lowest BCUT2D eigenvalue weighted by Gasteiger charge is -2.01. The van der Waals surface area contributed by atoms with Crippen molar-refractivity contribution < 1.29 is 9.53 Å². The molecule has 0 saturated carbocycles. The first-order chi connectivity index (χ1) is 7.76. The van der Waals surface area contributed by atoms with Crippen LogP contribution in [0.3, 0.4) is 0 Å². The summed E-state index contributed by atoms with van der Waals surface area (Å²) in [6, 6.07) is 0. The molecule has 96 valence electrons. The quantitative estimate of drug-likeness (QED) is 0.458. The van der Waals surface area contributed by atoms with E-state index in [2.05, 4.69) is 5.73 Å². The van der Waals surface area contributed by atoms with Gasteiger partial charge in [-0.3, -0.25) is 0 Å². The predicted octanol–water partition coefficient (Wildman–Crippen LogP) is 3.06. The van der Waals surface area contributed by atoms with Crippen LogP contribution in [0.5, 0.6) is 0 Å². The first-order valence-corrected chi connectivity index (χ1v) is 5.83. The zero-order valence-corrected chi connectivity index (χ0v) is 11.5. The maximum absolute atomic E-state index is 11.2. The lowest BCUT2D eigenvalue weighted by Crippen LogP contribution is -2.05. The maximum atomic E-state index is 11.2. The van der Waals surface area contributed by atoms with Crippen LogP contribution in [0, 0.1) is 0 Å². The highest BCUT2D eigenvalue weighted by Crippen LogP contribution is 2.02. The fraction of sp³-hybridized carbons (Fsp3) is 0.615. The van der Waals surface area contributed by atoms with Crippen LogP contribution in [0.2, 0.25) is 0 Å². The van der Waals surface area contributed by atoms with Gasteiger partial charge in [0, 0.05) is 0 Å². The van der Waals surface area contributed by atoms with Crippen molar-refractivity contribution in [1.82, 2.24) is 0 Å². The third-order valence-electron chi connectivity index (χ3n) is 1.28. The molecule has 0 aliphatic heterocycles. The Bertz CT molecular complexity index is 196. The second-order valence-corrected chi connectivity index (χ2v) is 2.29. The molecule has 0 saturated heterocycles. The zero-order valence-electron chi connectivity index (χ0n) is 11.5. The Labute approximate surface area is 100 Å². The first kappa shape index (κ1) is 20.3. The van der Waals surface area contributed by atoms with Gasteiger partial charge in [0.25, 0.3) is 0 Å². The lowest BCUT2D eigenvalue weighted by molar-refractivity contribution is -0.138. The largest absolute Gasteiger partial charge is 0.462 e. The van der Waals surface area contributed by atoms with Crippen LogP contribution in [-0.4, -0.2) is 19.6 Å². The number of hydrogen-bond acceptors (Lipinski definition) is 3. The minimum Gasteiger partial charge on any atom is -0.462 e. The van der Waals surface area contributed by atoms with Gasteiger partial charge in [-0.15, -0.1) is 0 Å². The van der Waals surface area contributed by atoms with Crippen molar-refractivity contribution in [1.29, 1.82) is 0 Å². The van der Waals surface area contributed by atoms with Crippen LogP contribution in [0.25, 0.3) is 0 Å². The summed E-state index contributed by atoms with van der Waals surface area (Å²) in [5, 5.41) is 0. The summed E-state index contributed by atoms with van der Waals surface area (Å²) in [5.74, 6) is -0.238. The molecule has 3 heteroatoms. The van der Waals surface area contributed by atoms with Crippen LogP contribution in [0.1, 0.15) is 41.0 Å². The summed E-state index contributed by atoms with van der Waals surface area (Å²) in [4.78, 5) is 11.2. The first-order valence-electron chi connectivity index (χ1n) is 5.83. The monoisotopic (exact) mass is 229 g/mol. The molecular formula is C13H27NO2. The molecule has 0 atom stereocenters. The van der Waals surface area contributed by atoms with Gasteiger partial charge in [0.2, 0.25) is 0 Å². The molecular weight excluding hydrogens is 202 g/mol. The summed E-state index contributed by atoms with van der Waals surface area (Å²) < 4.78 is 4.85. The molecule has 0 aliphatic carbocycles. The number of rotatable bonds is 4. The third kappa shape index (κ3) is 12.9. The molecule has 0 fully saturated rings. The molecule has 0 bridgehead atoms. The summed E-state index contributed by atoms with van der Waals surface area (Å²) in [5.41, 5.74) is 5.14. The highest BCUT2D eigenvalue weighted by molar-refractivity contribution is 5.91. The average molecular weight is 229 g/mol. The van der Waals surface area contributed by atoms with E-state index in [1.165, 1.54) is 7.05 Å². The Morgan fingerprint density at radius 1 is 1.25 bits per heavy atom. The van der Waals surface area contributed by atoms with E-state index in [1.54, 1.807) is 13.0 Å². The van der Waals surface area contributed by atoms with Gasteiger partial charge in [0.15, 0.2) is 0 Å². The van der Waals surface area contributed by atoms with Crippen molar-refractivity contribution in [3.8, 4) is 0 Å². The maximum Gasteiger partial charge on any atom is 0.337 e. The normalized spacial score (nSPS) is 9.81. The fourth-order valence-electron chi connectivity index (χ4n) is 0.833. The van der Waals surface area contributed by atoms with E-state index >= 15 is 0 Å². The minimum atomic E-state index is -0.238. The van der Waals surface area contributed by atoms with Crippen LogP contribution in [0.15, 0.2) is 23.8 Å². The number of hydrogen-bond donors (Lipinski definition) is 1. The topological polar surface area (TPSA) is 52.3 Å². The Hall–Kier alpha value is -1.09. The molecule has 0 radical (unpaired) electrons. The van der Waals surface area contributed by atoms with E-state index in [4.69, 9.17) is 4.74 Å². The number of carbonyl (C=O) groups is 1. The van der Waals surface area contributed by atoms with Crippen molar-refractivity contribution >= 4 is 5.97 Å². The summed E-state index contributed by atoms with van der Waals surface area (Å²) in [7, 11) is 1.50. The van der Waals surface area contributed by atoms with Gasteiger partial charge >= 0.3 is 5.97 Å². The molecule has 0 unspecified atom stereocenters. The van der Waals surface area contributed by atoms with Gasteiger partial charge in [0.05, 0.1) is 12.2 Å². The SMILES string of the molecule is C/C=C\C(=C/CC)C(=O)OCC.CC.CN. The standard InChI is InChI=1S/C10H16O2.C2H6.CH5N/c1-4-7-9(8-5-2)10(11)12-6-3;2*1-2/h4,7-8H,5-6H2,1-3H3;1-2H3;2H2,1H3/b7-4-,9-8+;;. The lowest BCUT2D eigenvalue weighted by atomic mass is 10.2. The van der Waals surface area contributed by atoms with Crippen molar-refractivity contribution in [2.24, 2.45) is 5.73 Å². The number of ether oxygens (including phenoxy) is 1. The summed E-state index contributed by atoms with van der Waals surface area (Å²) in [6.07, 6.45) is 6.30. The molecule has 0 aromatic rings. The van der Waals surface area contributed by atoms with E-state index in [-0.39, 0.29) is 5.97 Å². The molecule has 0 aromatic carbocycles. The molecule has 0 spiro atoms. The third-order valence-corrected chi connectivity index (χ3v) is 1.28. The van der Waals surface area contributed by atoms with E-state index in [9.17, 15) is 4.79 Å². The Kier molecular flexibility index (Phi) is 24.8. The number of carbonyl (C=O) groups excluding carboxylic acids is 1. The molecule has 0 rings (SSSR count). The van der Waals surface area contributed by atoms with Crippen LogP contribution < -0.4 is 5.73 Å². The van der Waals surface area contributed by atoms with E-state index < -0.39 is 0 Å². The van der Waals surface area contributed by atoms with Crippen molar-refractivity contribution in [2.75, 3.05) is 13.7 Å². The van der Waals surface area contributed by atoms with Crippen molar-refractivity contribution in [3.63, 3.8) is 0 Å². The van der Waals surface area contributed by atoms with Crippen LogP contribution >= 0.6 is 0 Å². The highest BCUT2D eigenvalue weighted by Gasteiger charge is 2.04. The van der Waals surface area contributed by atoms with Crippen LogP contribution in [0.4, 0.5) is 0 Å². The van der Waals surface area contributed by atoms with Gasteiger partial charge in [0.1, 0.15) is 0 Å². The van der Waals surface area contributed by atoms with Gasteiger partial charge in [-0.2, -0.15) is 0 Å². The van der Waals surface area contributed by atoms with E-state index in [0.29, 0.717) is 12.2 Å². The van der Waals surface area contributed by atoms with E-state index in [0.717, 1.165) is 6.42 Å². The van der Waals surface area contributed by atoms with Gasteiger partial charge in [-0.25, -0.2) is 4.79 Å². The second kappa shape index (κ2) is 19.5. The average Bonchev–Trinajstić information content (AvgIpc) is 2.34. The molecule has 0 amide bonds. The van der Waals surface area contributed by atoms with Gasteiger partial charge in [-0.05, 0) is 27.3 Å². The number of allylic oxidation sites excluding steroid dienone is 2.